The van der Waals surface area contributed by atoms with Crippen molar-refractivity contribution in [1.82, 2.24) is 24.5 Å². The number of benzene rings is 1. The number of rotatable bonds is 3. The largest absolute Gasteiger partial charge is 0.331 e. The molecule has 0 N–H and O–H groups in total. The van der Waals surface area contributed by atoms with E-state index in [0.717, 1.165) is 31.9 Å². The smallest absolute Gasteiger partial charge is 0.319 e. The SMILES string of the molecule is CN(C)C(=O)N1C[C@H]2CC[C@@H](C1)N(Cc1cccc(-n3cccn3)c1)C2. The third-order valence-corrected chi connectivity index (χ3v) is 5.55. The predicted molar refractivity (Wildman–Crippen MR) is 101 cm³/mol. The van der Waals surface area contributed by atoms with Gasteiger partial charge in [-0.25, -0.2) is 9.48 Å². The predicted octanol–water partition coefficient (Wildman–Crippen LogP) is 2.45. The van der Waals surface area contributed by atoms with E-state index in [1.807, 2.05) is 35.9 Å². The van der Waals surface area contributed by atoms with Crippen molar-refractivity contribution in [2.45, 2.75) is 25.4 Å². The highest BCUT2D eigenvalue weighted by Gasteiger charge is 2.36. The van der Waals surface area contributed by atoms with Crippen LogP contribution in [0.25, 0.3) is 5.69 Å². The molecule has 3 saturated heterocycles. The molecule has 138 valence electrons. The number of piperidine rings is 1. The van der Waals surface area contributed by atoms with Gasteiger partial charge in [0.1, 0.15) is 0 Å². The maximum Gasteiger partial charge on any atom is 0.319 e. The van der Waals surface area contributed by atoms with Crippen molar-refractivity contribution in [2.75, 3.05) is 33.7 Å². The molecule has 4 heterocycles. The highest BCUT2D eigenvalue weighted by molar-refractivity contribution is 5.74. The van der Waals surface area contributed by atoms with Gasteiger partial charge in [0.25, 0.3) is 0 Å². The number of carbonyl (C=O) groups excluding carboxylic acids is 1. The van der Waals surface area contributed by atoms with Gasteiger partial charge in [0.05, 0.1) is 5.69 Å². The van der Waals surface area contributed by atoms with Gasteiger partial charge in [-0.3, -0.25) is 4.90 Å². The zero-order valence-corrected chi connectivity index (χ0v) is 15.6. The Morgan fingerprint density at radius 3 is 2.85 bits per heavy atom. The average Bonchev–Trinajstić information content (AvgIpc) is 3.03. The van der Waals surface area contributed by atoms with E-state index >= 15 is 0 Å². The third kappa shape index (κ3) is 3.46. The second-order valence-corrected chi connectivity index (χ2v) is 7.73. The lowest BCUT2D eigenvalue weighted by Gasteiger charge is -2.36. The lowest BCUT2D eigenvalue weighted by molar-refractivity contribution is 0.123. The molecule has 6 heteroatoms. The standard InChI is InChI=1S/C20H27N5O/c1-22(2)20(26)24-14-17-7-8-19(15-24)23(13-17)12-16-5-3-6-18(11-16)25-10-4-9-21-25/h3-6,9-11,17,19H,7-8,12-15H2,1-2H3/t17-,19-/m0/s1. The van der Waals surface area contributed by atoms with Crippen LogP contribution in [0.15, 0.2) is 42.7 Å². The van der Waals surface area contributed by atoms with Gasteiger partial charge in [-0.05, 0) is 42.5 Å². The maximum atomic E-state index is 12.4. The minimum absolute atomic E-state index is 0.143. The molecular formula is C20H27N5O. The summed E-state index contributed by atoms with van der Waals surface area (Å²) in [4.78, 5) is 18.7. The van der Waals surface area contributed by atoms with Crippen LogP contribution < -0.4 is 0 Å². The molecule has 2 aromatic rings. The number of aromatic nitrogens is 2. The summed E-state index contributed by atoms with van der Waals surface area (Å²) in [5, 5.41) is 4.33. The molecule has 3 fully saturated rings. The molecule has 2 bridgehead atoms. The Morgan fingerprint density at radius 2 is 2.08 bits per heavy atom. The van der Waals surface area contributed by atoms with Gasteiger partial charge in [0.2, 0.25) is 0 Å². The van der Waals surface area contributed by atoms with E-state index < -0.39 is 0 Å². The normalized spacial score (nSPS) is 23.1. The molecule has 3 aliphatic rings. The highest BCUT2D eigenvalue weighted by atomic mass is 16.2. The first-order valence-electron chi connectivity index (χ1n) is 9.39. The van der Waals surface area contributed by atoms with Gasteiger partial charge in [-0.15, -0.1) is 0 Å². The van der Waals surface area contributed by atoms with Crippen LogP contribution in [-0.2, 0) is 6.54 Å². The van der Waals surface area contributed by atoms with Gasteiger partial charge in [0, 0.05) is 58.7 Å². The van der Waals surface area contributed by atoms with Crippen LogP contribution >= 0.6 is 0 Å². The van der Waals surface area contributed by atoms with Crippen LogP contribution in [-0.4, -0.2) is 70.3 Å². The molecule has 5 rings (SSSR count). The molecule has 6 nitrogen and oxygen atoms in total. The fourth-order valence-corrected chi connectivity index (χ4v) is 4.27. The number of hydrogen-bond donors (Lipinski definition) is 0. The molecule has 0 saturated carbocycles. The van der Waals surface area contributed by atoms with Crippen LogP contribution in [0, 0.1) is 5.92 Å². The van der Waals surface area contributed by atoms with Crippen LogP contribution in [0.1, 0.15) is 18.4 Å². The van der Waals surface area contributed by atoms with E-state index in [1.54, 1.807) is 11.1 Å². The molecule has 2 amide bonds. The molecule has 1 aromatic carbocycles. The van der Waals surface area contributed by atoms with E-state index in [0.29, 0.717) is 12.0 Å². The van der Waals surface area contributed by atoms with Gasteiger partial charge in [-0.1, -0.05) is 12.1 Å². The summed E-state index contributed by atoms with van der Waals surface area (Å²) < 4.78 is 1.90. The lowest BCUT2D eigenvalue weighted by Crippen LogP contribution is -2.45. The Bertz CT molecular complexity index is 757. The fraction of sp³-hybridized carbons (Fsp3) is 0.500. The summed E-state index contributed by atoms with van der Waals surface area (Å²) in [7, 11) is 3.68. The van der Waals surface area contributed by atoms with E-state index in [-0.39, 0.29) is 6.03 Å². The van der Waals surface area contributed by atoms with Crippen molar-refractivity contribution >= 4 is 6.03 Å². The van der Waals surface area contributed by atoms with Crippen molar-refractivity contribution in [3.05, 3.63) is 48.3 Å². The Balaban J connectivity index is 1.49. The molecule has 1 aromatic heterocycles. The molecule has 0 aliphatic carbocycles. The number of amides is 2. The summed E-state index contributed by atoms with van der Waals surface area (Å²) >= 11 is 0. The van der Waals surface area contributed by atoms with Crippen LogP contribution in [0.3, 0.4) is 0 Å². The topological polar surface area (TPSA) is 44.6 Å². The first-order chi connectivity index (χ1) is 12.6. The van der Waals surface area contributed by atoms with Gasteiger partial charge >= 0.3 is 6.03 Å². The molecule has 0 radical (unpaired) electrons. The summed E-state index contributed by atoms with van der Waals surface area (Å²) in [6.07, 6.45) is 6.18. The van der Waals surface area contributed by atoms with E-state index in [4.69, 9.17) is 0 Å². The van der Waals surface area contributed by atoms with Crippen molar-refractivity contribution in [3.63, 3.8) is 0 Å². The molecule has 0 unspecified atom stereocenters. The van der Waals surface area contributed by atoms with Crippen molar-refractivity contribution in [3.8, 4) is 5.69 Å². The molecule has 26 heavy (non-hydrogen) atoms. The van der Waals surface area contributed by atoms with Crippen molar-refractivity contribution < 1.29 is 4.79 Å². The van der Waals surface area contributed by atoms with Gasteiger partial charge in [-0.2, -0.15) is 5.10 Å². The Kier molecular flexibility index (Phi) is 4.68. The first kappa shape index (κ1) is 17.1. The highest BCUT2D eigenvalue weighted by Crippen LogP contribution is 2.29. The third-order valence-electron chi connectivity index (χ3n) is 5.55. The minimum Gasteiger partial charge on any atom is -0.331 e. The van der Waals surface area contributed by atoms with Crippen molar-refractivity contribution in [1.29, 1.82) is 0 Å². The number of fused-ring (bicyclic) bond motifs is 4. The zero-order chi connectivity index (χ0) is 18.1. The van der Waals surface area contributed by atoms with E-state index in [1.165, 1.54) is 18.4 Å². The number of hydrogen-bond acceptors (Lipinski definition) is 3. The second kappa shape index (κ2) is 7.11. The second-order valence-electron chi connectivity index (χ2n) is 7.73. The average molecular weight is 353 g/mol. The Labute approximate surface area is 155 Å². The quantitative estimate of drug-likeness (QED) is 0.851. The van der Waals surface area contributed by atoms with E-state index in [9.17, 15) is 4.79 Å². The maximum absolute atomic E-state index is 12.4. The first-order valence-corrected chi connectivity index (χ1v) is 9.39. The minimum atomic E-state index is 0.143. The monoisotopic (exact) mass is 353 g/mol. The lowest BCUT2D eigenvalue weighted by atomic mass is 9.94. The Morgan fingerprint density at radius 1 is 1.19 bits per heavy atom. The number of carbonyl (C=O) groups is 1. The number of nitrogens with zero attached hydrogens (tertiary/aromatic N) is 5. The van der Waals surface area contributed by atoms with Gasteiger partial charge < -0.3 is 9.80 Å². The summed E-state index contributed by atoms with van der Waals surface area (Å²) in [6.45, 7) is 3.73. The Hall–Kier alpha value is -2.34. The van der Waals surface area contributed by atoms with Gasteiger partial charge in [0.15, 0.2) is 0 Å². The fourth-order valence-electron chi connectivity index (χ4n) is 4.27. The van der Waals surface area contributed by atoms with Crippen molar-refractivity contribution in [2.24, 2.45) is 5.92 Å². The summed E-state index contributed by atoms with van der Waals surface area (Å²) in [5.41, 5.74) is 2.40. The molecule has 0 spiro atoms. The molecule has 2 atom stereocenters. The molecular weight excluding hydrogens is 326 g/mol. The summed E-state index contributed by atoms with van der Waals surface area (Å²) in [5.74, 6) is 0.576. The van der Waals surface area contributed by atoms with E-state index in [2.05, 4.69) is 34.3 Å². The molecule has 3 aliphatic heterocycles. The van der Waals surface area contributed by atoms with Crippen LogP contribution in [0.2, 0.25) is 0 Å². The zero-order valence-electron chi connectivity index (χ0n) is 15.6. The van der Waals surface area contributed by atoms with Crippen LogP contribution in [0.5, 0.6) is 0 Å². The van der Waals surface area contributed by atoms with Crippen LogP contribution in [0.4, 0.5) is 4.79 Å². The summed E-state index contributed by atoms with van der Waals surface area (Å²) in [6, 6.07) is 11.1. The number of urea groups is 1.